The van der Waals surface area contributed by atoms with E-state index in [1.165, 1.54) is 11.1 Å². The SMILES string of the molecule is CCOCCOc1ccccc1NCCOc1cc(C)cc(C)c1. The predicted molar refractivity (Wildman–Crippen MR) is 98.3 cm³/mol. The zero-order chi connectivity index (χ0) is 17.2. The van der Waals surface area contributed by atoms with Crippen LogP contribution in [-0.2, 0) is 4.74 Å². The maximum absolute atomic E-state index is 5.82. The van der Waals surface area contributed by atoms with Crippen LogP contribution in [0.2, 0.25) is 0 Å². The van der Waals surface area contributed by atoms with Crippen LogP contribution >= 0.6 is 0 Å². The van der Waals surface area contributed by atoms with Gasteiger partial charge in [0.2, 0.25) is 0 Å². The molecule has 0 radical (unpaired) electrons. The zero-order valence-electron chi connectivity index (χ0n) is 14.8. The minimum Gasteiger partial charge on any atom is -0.492 e. The number of rotatable bonds is 10. The molecular weight excluding hydrogens is 302 g/mol. The summed E-state index contributed by atoms with van der Waals surface area (Å²) >= 11 is 0. The van der Waals surface area contributed by atoms with Crippen LogP contribution in [0.1, 0.15) is 18.1 Å². The van der Waals surface area contributed by atoms with Crippen LogP contribution in [0.4, 0.5) is 5.69 Å². The van der Waals surface area contributed by atoms with Crippen LogP contribution < -0.4 is 14.8 Å². The second-order valence-electron chi connectivity index (χ2n) is 5.64. The predicted octanol–water partition coefficient (Wildman–Crippen LogP) is 4.21. The molecule has 0 aliphatic carbocycles. The molecule has 0 aliphatic rings. The van der Waals surface area contributed by atoms with Gasteiger partial charge < -0.3 is 19.5 Å². The Kier molecular flexibility index (Phi) is 7.43. The molecule has 0 saturated heterocycles. The highest BCUT2D eigenvalue weighted by molar-refractivity contribution is 5.56. The van der Waals surface area contributed by atoms with E-state index in [1.807, 2.05) is 31.2 Å². The van der Waals surface area contributed by atoms with Crippen molar-refractivity contribution < 1.29 is 14.2 Å². The summed E-state index contributed by atoms with van der Waals surface area (Å²) in [5, 5.41) is 3.36. The van der Waals surface area contributed by atoms with E-state index in [1.54, 1.807) is 0 Å². The first-order valence-corrected chi connectivity index (χ1v) is 8.43. The maximum Gasteiger partial charge on any atom is 0.142 e. The normalized spacial score (nSPS) is 10.5. The van der Waals surface area contributed by atoms with Crippen molar-refractivity contribution in [1.82, 2.24) is 0 Å². The number of ether oxygens (including phenoxy) is 3. The molecule has 130 valence electrons. The van der Waals surface area contributed by atoms with Gasteiger partial charge in [0.25, 0.3) is 0 Å². The van der Waals surface area contributed by atoms with Crippen molar-refractivity contribution in [1.29, 1.82) is 0 Å². The molecule has 0 saturated carbocycles. The summed E-state index contributed by atoms with van der Waals surface area (Å²) < 4.78 is 16.9. The lowest BCUT2D eigenvalue weighted by molar-refractivity contribution is 0.110. The third kappa shape index (κ3) is 6.13. The number of nitrogens with one attached hydrogen (secondary N) is 1. The number of para-hydroxylation sites is 2. The van der Waals surface area contributed by atoms with Gasteiger partial charge in [0.05, 0.1) is 12.3 Å². The lowest BCUT2D eigenvalue weighted by Crippen LogP contribution is -2.13. The van der Waals surface area contributed by atoms with Crippen LogP contribution in [0.15, 0.2) is 42.5 Å². The molecule has 0 unspecified atom stereocenters. The zero-order valence-corrected chi connectivity index (χ0v) is 14.8. The van der Waals surface area contributed by atoms with E-state index in [0.29, 0.717) is 33.0 Å². The van der Waals surface area contributed by atoms with E-state index in [2.05, 4.69) is 37.4 Å². The summed E-state index contributed by atoms with van der Waals surface area (Å²) in [6.45, 7) is 9.29. The largest absolute Gasteiger partial charge is 0.492 e. The van der Waals surface area contributed by atoms with Crippen LogP contribution in [0.5, 0.6) is 11.5 Å². The second kappa shape index (κ2) is 9.83. The average molecular weight is 329 g/mol. The van der Waals surface area contributed by atoms with Gasteiger partial charge in [-0.3, -0.25) is 0 Å². The second-order valence-corrected chi connectivity index (χ2v) is 5.64. The number of benzene rings is 2. The molecule has 0 aromatic heterocycles. The molecule has 0 spiro atoms. The van der Waals surface area contributed by atoms with Crippen molar-refractivity contribution >= 4 is 5.69 Å². The summed E-state index contributed by atoms with van der Waals surface area (Å²) in [6.07, 6.45) is 0. The fourth-order valence-electron chi connectivity index (χ4n) is 2.46. The number of hydrogen-bond acceptors (Lipinski definition) is 4. The molecule has 1 N–H and O–H groups in total. The highest BCUT2D eigenvalue weighted by atomic mass is 16.5. The Balaban J connectivity index is 1.79. The van der Waals surface area contributed by atoms with Gasteiger partial charge in [0.1, 0.15) is 24.7 Å². The lowest BCUT2D eigenvalue weighted by atomic mass is 10.1. The summed E-state index contributed by atoms with van der Waals surface area (Å²) in [5.74, 6) is 1.75. The number of anilines is 1. The molecule has 0 atom stereocenters. The van der Waals surface area contributed by atoms with Gasteiger partial charge in [-0.2, -0.15) is 0 Å². The molecule has 4 heteroatoms. The van der Waals surface area contributed by atoms with E-state index in [-0.39, 0.29) is 0 Å². The van der Waals surface area contributed by atoms with Crippen LogP contribution in [0.25, 0.3) is 0 Å². The van der Waals surface area contributed by atoms with E-state index in [0.717, 1.165) is 17.2 Å². The van der Waals surface area contributed by atoms with Gasteiger partial charge in [0.15, 0.2) is 0 Å². The molecule has 0 aliphatic heterocycles. The summed E-state index contributed by atoms with van der Waals surface area (Å²) in [4.78, 5) is 0. The minimum absolute atomic E-state index is 0.547. The summed E-state index contributed by atoms with van der Waals surface area (Å²) in [6, 6.07) is 14.2. The van der Waals surface area contributed by atoms with Gasteiger partial charge in [-0.15, -0.1) is 0 Å². The molecule has 2 rings (SSSR count). The molecule has 2 aromatic carbocycles. The van der Waals surface area contributed by atoms with Crippen molar-refractivity contribution in [2.75, 3.05) is 38.3 Å². The quantitative estimate of drug-likeness (QED) is 0.663. The first-order chi connectivity index (χ1) is 11.7. The lowest BCUT2D eigenvalue weighted by Gasteiger charge is -2.14. The van der Waals surface area contributed by atoms with Gasteiger partial charge >= 0.3 is 0 Å². The van der Waals surface area contributed by atoms with Crippen LogP contribution in [0, 0.1) is 13.8 Å². The topological polar surface area (TPSA) is 39.7 Å². The Morgan fingerprint density at radius 2 is 1.62 bits per heavy atom. The maximum atomic E-state index is 5.82. The van der Waals surface area contributed by atoms with E-state index < -0.39 is 0 Å². The van der Waals surface area contributed by atoms with Crippen LogP contribution in [-0.4, -0.2) is 33.0 Å². The first kappa shape index (κ1) is 18.1. The van der Waals surface area contributed by atoms with Crippen molar-refractivity contribution in [3.8, 4) is 11.5 Å². The van der Waals surface area contributed by atoms with Gasteiger partial charge in [-0.25, -0.2) is 0 Å². The van der Waals surface area contributed by atoms with E-state index in [4.69, 9.17) is 14.2 Å². The van der Waals surface area contributed by atoms with Crippen molar-refractivity contribution in [3.05, 3.63) is 53.6 Å². The van der Waals surface area contributed by atoms with Gasteiger partial charge in [-0.05, 0) is 56.2 Å². The fourth-order valence-corrected chi connectivity index (χ4v) is 2.46. The van der Waals surface area contributed by atoms with E-state index >= 15 is 0 Å². The van der Waals surface area contributed by atoms with Crippen molar-refractivity contribution in [3.63, 3.8) is 0 Å². The molecule has 0 heterocycles. The highest BCUT2D eigenvalue weighted by Gasteiger charge is 2.03. The third-order valence-electron chi connectivity index (χ3n) is 3.46. The Morgan fingerprint density at radius 3 is 2.38 bits per heavy atom. The first-order valence-electron chi connectivity index (χ1n) is 8.43. The molecule has 4 nitrogen and oxygen atoms in total. The number of aryl methyl sites for hydroxylation is 2. The Bertz CT molecular complexity index is 608. The number of hydrogen-bond donors (Lipinski definition) is 1. The summed E-state index contributed by atoms with van der Waals surface area (Å²) in [5.41, 5.74) is 3.40. The monoisotopic (exact) mass is 329 g/mol. The molecule has 0 amide bonds. The summed E-state index contributed by atoms with van der Waals surface area (Å²) in [7, 11) is 0. The molecule has 0 fully saturated rings. The molecule has 0 bridgehead atoms. The Hall–Kier alpha value is -2.20. The van der Waals surface area contributed by atoms with Crippen molar-refractivity contribution in [2.24, 2.45) is 0 Å². The molecule has 2 aromatic rings. The Morgan fingerprint density at radius 1 is 0.875 bits per heavy atom. The molecular formula is C20H27NO3. The smallest absolute Gasteiger partial charge is 0.142 e. The average Bonchev–Trinajstić information content (AvgIpc) is 2.56. The standard InChI is InChI=1S/C20H27NO3/c1-4-22-11-12-24-20-8-6-5-7-19(20)21-9-10-23-18-14-16(2)13-17(3)15-18/h5-8,13-15,21H,4,9-12H2,1-3H3. The van der Waals surface area contributed by atoms with Gasteiger partial charge in [-0.1, -0.05) is 18.2 Å². The van der Waals surface area contributed by atoms with Crippen LogP contribution in [0.3, 0.4) is 0 Å². The van der Waals surface area contributed by atoms with Crippen molar-refractivity contribution in [2.45, 2.75) is 20.8 Å². The Labute approximate surface area is 144 Å². The minimum atomic E-state index is 0.547. The molecule has 24 heavy (non-hydrogen) atoms. The third-order valence-corrected chi connectivity index (χ3v) is 3.46. The van der Waals surface area contributed by atoms with Gasteiger partial charge in [0, 0.05) is 13.2 Å². The van der Waals surface area contributed by atoms with E-state index in [9.17, 15) is 0 Å². The fraction of sp³-hybridized carbons (Fsp3) is 0.400. The highest BCUT2D eigenvalue weighted by Crippen LogP contribution is 2.23.